The highest BCUT2D eigenvalue weighted by molar-refractivity contribution is 6.06. The van der Waals surface area contributed by atoms with Gasteiger partial charge in [0.05, 0.1) is 0 Å². The third kappa shape index (κ3) is 2.76. The molecule has 0 aromatic rings. The number of aliphatic hydroxyl groups is 1. The predicted molar refractivity (Wildman–Crippen MR) is 138 cm³/mol. The van der Waals surface area contributed by atoms with Crippen LogP contribution in [0.1, 0.15) is 86.5 Å². The van der Waals surface area contributed by atoms with Gasteiger partial charge in [-0.1, -0.05) is 52.3 Å². The Balaban J connectivity index is 1.46. The van der Waals surface area contributed by atoms with Crippen LogP contribution in [0.4, 0.5) is 0 Å². The minimum Gasteiger partial charge on any atom is -0.504 e. The van der Waals surface area contributed by atoms with Crippen LogP contribution in [0.3, 0.4) is 0 Å². The van der Waals surface area contributed by atoms with E-state index in [9.17, 15) is 9.90 Å². The zero-order chi connectivity index (χ0) is 25.0. The van der Waals surface area contributed by atoms with E-state index in [1.54, 1.807) is 6.08 Å². The number of azo groups is 1. The first-order chi connectivity index (χ1) is 16.4. The Morgan fingerprint density at radius 3 is 2.43 bits per heavy atom. The van der Waals surface area contributed by atoms with Gasteiger partial charge in [0, 0.05) is 16.4 Å². The third-order valence-corrected chi connectivity index (χ3v) is 11.9. The molecule has 1 N–H and O–H groups in total. The molecule has 0 unspecified atom stereocenters. The molecule has 1 aliphatic heterocycles. The Bertz CT molecular complexity index is 1230. The molecule has 1 heterocycles. The molecule has 0 spiro atoms. The number of rotatable bonds is 1. The largest absolute Gasteiger partial charge is 0.504 e. The summed E-state index contributed by atoms with van der Waals surface area (Å²) < 4.78 is 0. The zero-order valence-corrected chi connectivity index (χ0v) is 22.2. The molecule has 3 saturated carbocycles. The van der Waals surface area contributed by atoms with Gasteiger partial charge in [-0.25, -0.2) is 4.99 Å². The number of allylic oxidation sites excluding steroid dienone is 7. The molecule has 0 amide bonds. The highest BCUT2D eigenvalue weighted by atomic mass is 16.3. The van der Waals surface area contributed by atoms with Crippen molar-refractivity contribution >= 4 is 11.6 Å². The first-order valence-electron chi connectivity index (χ1n) is 13.4. The molecule has 35 heavy (non-hydrogen) atoms. The lowest BCUT2D eigenvalue weighted by atomic mass is 9.34. The van der Waals surface area contributed by atoms with Crippen LogP contribution in [-0.4, -0.2) is 23.4 Å². The third-order valence-electron chi connectivity index (χ3n) is 11.9. The van der Waals surface area contributed by atoms with Gasteiger partial charge in [0.25, 0.3) is 0 Å². The van der Waals surface area contributed by atoms with Crippen LogP contribution >= 0.6 is 0 Å². The Morgan fingerprint density at radius 2 is 1.71 bits per heavy atom. The van der Waals surface area contributed by atoms with E-state index in [-0.39, 0.29) is 33.2 Å². The smallest absolute Gasteiger partial charge is 0.220 e. The number of hydrogen-bond acceptors (Lipinski definition) is 5. The summed E-state index contributed by atoms with van der Waals surface area (Å²) >= 11 is 0. The summed E-state index contributed by atoms with van der Waals surface area (Å²) in [6.45, 7) is 14.7. The van der Waals surface area contributed by atoms with E-state index in [0.29, 0.717) is 23.6 Å². The lowest BCUT2D eigenvalue weighted by Gasteiger charge is -2.70. The molecule has 0 radical (unpaired) electrons. The number of amidine groups is 1. The fourth-order valence-corrected chi connectivity index (χ4v) is 9.20. The minimum absolute atomic E-state index is 0.00203. The maximum absolute atomic E-state index is 12.7. The van der Waals surface area contributed by atoms with Crippen molar-refractivity contribution in [2.24, 2.45) is 48.2 Å². The number of nitrogens with zero attached hydrogens (tertiary/aromatic N) is 3. The van der Waals surface area contributed by atoms with Crippen LogP contribution in [0.5, 0.6) is 0 Å². The van der Waals surface area contributed by atoms with E-state index >= 15 is 0 Å². The molecule has 6 rings (SSSR count). The van der Waals surface area contributed by atoms with E-state index in [1.807, 2.05) is 6.92 Å². The summed E-state index contributed by atoms with van der Waals surface area (Å²) in [5.41, 5.74) is 4.71. The standard InChI is InChI=1S/C30H39N3O2/c1-18-19-7-8-22-28(4,20(19)15-21(34)24(18)35)12-14-30(6)23-16-27(3,25-31-17-32-33-25)10-9-26(23,2)11-13-29(22,30)5/h7-8,15,23,35H,9-14,16-17H2,1-6H3/t23-,26-,27-,28+,29-,30+/m1/s1. The van der Waals surface area contributed by atoms with Crippen molar-refractivity contribution in [3.8, 4) is 0 Å². The summed E-state index contributed by atoms with van der Waals surface area (Å²) in [5, 5.41) is 19.0. The molecule has 5 aliphatic carbocycles. The molecular weight excluding hydrogens is 434 g/mol. The maximum Gasteiger partial charge on any atom is 0.220 e. The highest BCUT2D eigenvalue weighted by Gasteiger charge is 2.67. The minimum atomic E-state index is -0.249. The number of carbonyl (C=O) groups is 1. The molecule has 0 bridgehead atoms. The molecule has 3 fully saturated rings. The normalized spacial score (nSPS) is 46.6. The molecule has 0 aromatic carbocycles. The molecule has 6 aliphatic rings. The fourth-order valence-electron chi connectivity index (χ4n) is 9.20. The lowest BCUT2D eigenvalue weighted by molar-refractivity contribution is -0.153. The first kappa shape index (κ1) is 23.1. The van der Waals surface area contributed by atoms with Crippen LogP contribution in [0.15, 0.2) is 61.5 Å². The van der Waals surface area contributed by atoms with Gasteiger partial charge in [-0.15, -0.1) is 5.11 Å². The molecular formula is C30H39N3O2. The van der Waals surface area contributed by atoms with E-state index in [1.165, 1.54) is 24.8 Å². The molecule has 5 nitrogen and oxygen atoms in total. The second-order valence-electron chi connectivity index (χ2n) is 13.5. The topological polar surface area (TPSA) is 74.4 Å². The number of hydrogen-bond donors (Lipinski definition) is 1. The quantitative estimate of drug-likeness (QED) is 0.430. The fraction of sp³-hybridized carbons (Fsp3) is 0.667. The summed E-state index contributed by atoms with van der Waals surface area (Å²) in [7, 11) is 0. The van der Waals surface area contributed by atoms with Crippen molar-refractivity contribution < 1.29 is 9.90 Å². The van der Waals surface area contributed by atoms with Crippen LogP contribution in [0.25, 0.3) is 0 Å². The zero-order valence-electron chi connectivity index (χ0n) is 22.2. The summed E-state index contributed by atoms with van der Waals surface area (Å²) in [5.74, 6) is 1.19. The van der Waals surface area contributed by atoms with Gasteiger partial charge >= 0.3 is 0 Å². The van der Waals surface area contributed by atoms with Gasteiger partial charge < -0.3 is 5.11 Å². The van der Waals surface area contributed by atoms with Gasteiger partial charge in [-0.05, 0) is 91.3 Å². The van der Waals surface area contributed by atoms with E-state index in [0.717, 1.165) is 42.7 Å². The van der Waals surface area contributed by atoms with Crippen LogP contribution < -0.4 is 0 Å². The Kier molecular flexibility index (Phi) is 4.57. The van der Waals surface area contributed by atoms with Crippen LogP contribution in [0.2, 0.25) is 0 Å². The number of aliphatic imine (C=N–C) groups is 1. The predicted octanol–water partition coefficient (Wildman–Crippen LogP) is 7.43. The van der Waals surface area contributed by atoms with Crippen molar-refractivity contribution in [3.05, 3.63) is 46.3 Å². The highest BCUT2D eigenvalue weighted by Crippen LogP contribution is 2.75. The molecule has 6 atom stereocenters. The average molecular weight is 474 g/mol. The lowest BCUT2D eigenvalue weighted by Crippen LogP contribution is -2.62. The number of aliphatic hydroxyl groups excluding tert-OH is 1. The van der Waals surface area contributed by atoms with Crippen LogP contribution in [0, 0.1) is 33.0 Å². The van der Waals surface area contributed by atoms with Gasteiger partial charge in [0.2, 0.25) is 5.78 Å². The van der Waals surface area contributed by atoms with Crippen molar-refractivity contribution in [3.63, 3.8) is 0 Å². The Hall–Kier alpha value is -2.30. The molecule has 0 aromatic heterocycles. The monoisotopic (exact) mass is 473 g/mol. The second-order valence-corrected chi connectivity index (χ2v) is 13.5. The van der Waals surface area contributed by atoms with Gasteiger partial charge in [0.1, 0.15) is 0 Å². The van der Waals surface area contributed by atoms with Crippen LogP contribution in [-0.2, 0) is 4.79 Å². The Morgan fingerprint density at radius 1 is 0.971 bits per heavy atom. The van der Waals surface area contributed by atoms with Crippen molar-refractivity contribution in [2.45, 2.75) is 86.5 Å². The number of carbonyl (C=O) groups excluding carboxylic acids is 1. The average Bonchev–Trinajstić information content (AvgIpc) is 3.37. The Labute approximate surface area is 209 Å². The summed E-state index contributed by atoms with van der Waals surface area (Å²) in [6.07, 6.45) is 14.3. The van der Waals surface area contributed by atoms with Crippen molar-refractivity contribution in [1.82, 2.24) is 0 Å². The number of ketones is 1. The summed E-state index contributed by atoms with van der Waals surface area (Å²) in [4.78, 5) is 17.3. The van der Waals surface area contributed by atoms with Crippen molar-refractivity contribution in [2.75, 3.05) is 6.67 Å². The maximum atomic E-state index is 12.7. The molecule has 0 saturated heterocycles. The van der Waals surface area contributed by atoms with Gasteiger partial charge in [0.15, 0.2) is 18.3 Å². The first-order valence-corrected chi connectivity index (χ1v) is 13.4. The van der Waals surface area contributed by atoms with E-state index in [2.05, 4.69) is 62.0 Å². The molecule has 5 heteroatoms. The van der Waals surface area contributed by atoms with E-state index in [4.69, 9.17) is 0 Å². The second kappa shape index (κ2) is 6.92. The van der Waals surface area contributed by atoms with Gasteiger partial charge in [-0.3, -0.25) is 4.79 Å². The number of fused-ring (bicyclic) bond motifs is 7. The summed E-state index contributed by atoms with van der Waals surface area (Å²) in [6, 6.07) is 0. The van der Waals surface area contributed by atoms with Gasteiger partial charge in [-0.2, -0.15) is 5.11 Å². The van der Waals surface area contributed by atoms with E-state index < -0.39 is 0 Å². The van der Waals surface area contributed by atoms with Crippen molar-refractivity contribution in [1.29, 1.82) is 0 Å². The molecule has 186 valence electrons. The SMILES string of the molecule is CC1=C(O)C(=O)C=C2C1=CC=C1[C@@]2(C)CC[C@@]2(C)[C@@H]3C[C@](C)(C4=NCN=N4)CC[C@]3(C)CC[C@]12C.